The summed E-state index contributed by atoms with van der Waals surface area (Å²) >= 11 is 6.29. The molecule has 2 rings (SSSR count). The van der Waals surface area contributed by atoms with E-state index in [4.69, 9.17) is 11.6 Å². The molecule has 0 aromatic heterocycles. The summed E-state index contributed by atoms with van der Waals surface area (Å²) in [4.78, 5) is 25.8. The van der Waals surface area contributed by atoms with Crippen LogP contribution in [0.4, 0.5) is 24.5 Å². The summed E-state index contributed by atoms with van der Waals surface area (Å²) in [5.74, 6) is -1.47. The maximum absolute atomic E-state index is 12.5. The normalized spacial score (nSPS) is 15.2. The van der Waals surface area contributed by atoms with Gasteiger partial charge in [-0.25, -0.2) is 0 Å². The molecule has 1 aromatic carbocycles. The third-order valence-electron chi connectivity index (χ3n) is 4.33. The molecule has 1 N–H and O–H groups in total. The first-order valence-electron chi connectivity index (χ1n) is 8.78. The lowest BCUT2D eigenvalue weighted by Crippen LogP contribution is -2.52. The molecule has 2 amide bonds. The predicted octanol–water partition coefficient (Wildman–Crippen LogP) is 3.93. The van der Waals surface area contributed by atoms with E-state index in [-0.39, 0.29) is 32.1 Å². The van der Waals surface area contributed by atoms with Crippen molar-refractivity contribution >= 4 is 34.8 Å². The molecular formula is C18H23ClF3N3O2. The Bertz CT molecular complexity index is 687. The van der Waals surface area contributed by atoms with Gasteiger partial charge in [0.25, 0.3) is 0 Å². The number of piperazine rings is 1. The summed E-state index contributed by atoms with van der Waals surface area (Å²) in [6.45, 7) is 4.54. The number of carbonyl (C=O) groups excluding carboxylic acids is 2. The first-order valence-corrected chi connectivity index (χ1v) is 9.16. The molecular weight excluding hydrogens is 383 g/mol. The lowest BCUT2D eigenvalue weighted by Gasteiger charge is -2.36. The number of nitrogens with one attached hydrogen (secondary N) is 1. The van der Waals surface area contributed by atoms with E-state index in [9.17, 15) is 22.8 Å². The van der Waals surface area contributed by atoms with E-state index >= 15 is 0 Å². The Hall–Kier alpha value is -1.96. The summed E-state index contributed by atoms with van der Waals surface area (Å²) in [7, 11) is 0. The van der Waals surface area contributed by atoms with E-state index < -0.39 is 12.1 Å². The molecule has 27 heavy (non-hydrogen) atoms. The minimum Gasteiger partial charge on any atom is -0.367 e. The summed E-state index contributed by atoms with van der Waals surface area (Å²) in [6.07, 6.45) is -3.64. The van der Waals surface area contributed by atoms with Gasteiger partial charge in [-0.3, -0.25) is 9.59 Å². The van der Waals surface area contributed by atoms with E-state index in [1.807, 2.05) is 18.7 Å². The molecule has 1 aromatic rings. The van der Waals surface area contributed by atoms with Gasteiger partial charge in [0, 0.05) is 38.3 Å². The Labute approximate surface area is 161 Å². The molecule has 1 aliphatic heterocycles. The molecule has 0 bridgehead atoms. The SMILES string of the molecule is CC(C)CCC(=O)Nc1ccc(N2CCN(C(=O)C(F)(F)F)CC2)c(Cl)c1. The summed E-state index contributed by atoms with van der Waals surface area (Å²) in [6, 6.07) is 5.06. The second-order valence-corrected chi connectivity index (χ2v) is 7.33. The number of amides is 2. The van der Waals surface area contributed by atoms with Crippen molar-refractivity contribution in [3.63, 3.8) is 0 Å². The Morgan fingerprint density at radius 3 is 2.33 bits per heavy atom. The van der Waals surface area contributed by atoms with Gasteiger partial charge in [0.05, 0.1) is 10.7 Å². The fourth-order valence-electron chi connectivity index (χ4n) is 2.81. The molecule has 0 atom stereocenters. The number of anilines is 2. The zero-order valence-corrected chi connectivity index (χ0v) is 16.0. The lowest BCUT2D eigenvalue weighted by atomic mass is 10.1. The highest BCUT2D eigenvalue weighted by Gasteiger charge is 2.43. The van der Waals surface area contributed by atoms with Crippen LogP contribution in [0.1, 0.15) is 26.7 Å². The average Bonchev–Trinajstić information content (AvgIpc) is 2.59. The number of halogens is 4. The molecule has 0 spiro atoms. The fourth-order valence-corrected chi connectivity index (χ4v) is 3.11. The highest BCUT2D eigenvalue weighted by Crippen LogP contribution is 2.30. The van der Waals surface area contributed by atoms with Crippen LogP contribution >= 0.6 is 11.6 Å². The summed E-state index contributed by atoms with van der Waals surface area (Å²) < 4.78 is 37.5. The topological polar surface area (TPSA) is 52.7 Å². The molecule has 9 heteroatoms. The van der Waals surface area contributed by atoms with Crippen LogP contribution < -0.4 is 10.2 Å². The molecule has 150 valence electrons. The first-order chi connectivity index (χ1) is 12.6. The molecule has 1 heterocycles. The zero-order chi connectivity index (χ0) is 20.2. The van der Waals surface area contributed by atoms with E-state index in [1.54, 1.807) is 18.2 Å². The van der Waals surface area contributed by atoms with Crippen molar-refractivity contribution in [3.8, 4) is 0 Å². The number of hydrogen-bond donors (Lipinski definition) is 1. The lowest BCUT2D eigenvalue weighted by molar-refractivity contribution is -0.185. The minimum absolute atomic E-state index is 0.0254. The van der Waals surface area contributed by atoms with Crippen molar-refractivity contribution in [1.29, 1.82) is 0 Å². The standard InChI is InChI=1S/C18H23ClF3N3O2/c1-12(2)3-6-16(26)23-13-4-5-15(14(19)11-13)24-7-9-25(10-8-24)17(27)18(20,21)22/h4-5,11-12H,3,6-10H2,1-2H3,(H,23,26). The van der Waals surface area contributed by atoms with Gasteiger partial charge in [-0.1, -0.05) is 25.4 Å². The van der Waals surface area contributed by atoms with Crippen LogP contribution in [0.15, 0.2) is 18.2 Å². The van der Waals surface area contributed by atoms with Crippen LogP contribution in [-0.4, -0.2) is 49.1 Å². The summed E-state index contributed by atoms with van der Waals surface area (Å²) in [5, 5.41) is 3.18. The molecule has 1 aliphatic rings. The van der Waals surface area contributed by atoms with Gasteiger partial charge in [0.1, 0.15) is 0 Å². The molecule has 0 radical (unpaired) electrons. The minimum atomic E-state index is -4.85. The quantitative estimate of drug-likeness (QED) is 0.807. The monoisotopic (exact) mass is 405 g/mol. The third kappa shape index (κ3) is 6.02. The van der Waals surface area contributed by atoms with Crippen LogP contribution in [0.3, 0.4) is 0 Å². The van der Waals surface area contributed by atoms with Crippen LogP contribution in [0.5, 0.6) is 0 Å². The van der Waals surface area contributed by atoms with E-state index in [0.29, 0.717) is 28.7 Å². The van der Waals surface area contributed by atoms with Gasteiger partial charge >= 0.3 is 12.1 Å². The maximum atomic E-state index is 12.5. The molecule has 1 saturated heterocycles. The van der Waals surface area contributed by atoms with Gasteiger partial charge in [0.15, 0.2) is 0 Å². The number of nitrogens with zero attached hydrogens (tertiary/aromatic N) is 2. The van der Waals surface area contributed by atoms with Crippen LogP contribution in [0, 0.1) is 5.92 Å². The largest absolute Gasteiger partial charge is 0.471 e. The van der Waals surface area contributed by atoms with Crippen LogP contribution in [-0.2, 0) is 9.59 Å². The Kier molecular flexibility index (Phi) is 6.97. The number of rotatable bonds is 5. The Morgan fingerprint density at radius 2 is 1.81 bits per heavy atom. The fraction of sp³-hybridized carbons (Fsp3) is 0.556. The average molecular weight is 406 g/mol. The third-order valence-corrected chi connectivity index (χ3v) is 4.63. The highest BCUT2D eigenvalue weighted by molar-refractivity contribution is 6.33. The van der Waals surface area contributed by atoms with E-state index in [2.05, 4.69) is 5.32 Å². The van der Waals surface area contributed by atoms with E-state index in [1.165, 1.54) is 0 Å². The second-order valence-electron chi connectivity index (χ2n) is 6.92. The van der Waals surface area contributed by atoms with Crippen molar-refractivity contribution < 1.29 is 22.8 Å². The van der Waals surface area contributed by atoms with Crippen molar-refractivity contribution in [1.82, 2.24) is 4.90 Å². The van der Waals surface area contributed by atoms with Crippen molar-refractivity contribution in [2.75, 3.05) is 36.4 Å². The molecule has 0 saturated carbocycles. The Balaban J connectivity index is 1.95. The van der Waals surface area contributed by atoms with Crippen LogP contribution in [0.2, 0.25) is 5.02 Å². The highest BCUT2D eigenvalue weighted by atomic mass is 35.5. The molecule has 5 nitrogen and oxygen atoms in total. The van der Waals surface area contributed by atoms with Gasteiger partial charge in [-0.2, -0.15) is 13.2 Å². The van der Waals surface area contributed by atoms with Crippen molar-refractivity contribution in [3.05, 3.63) is 23.2 Å². The van der Waals surface area contributed by atoms with Gasteiger partial charge < -0.3 is 15.1 Å². The van der Waals surface area contributed by atoms with Crippen LogP contribution in [0.25, 0.3) is 0 Å². The maximum Gasteiger partial charge on any atom is 0.471 e. The van der Waals surface area contributed by atoms with Gasteiger partial charge in [-0.15, -0.1) is 0 Å². The molecule has 0 aliphatic carbocycles. The number of benzene rings is 1. The van der Waals surface area contributed by atoms with Crippen molar-refractivity contribution in [2.24, 2.45) is 5.92 Å². The number of hydrogen-bond acceptors (Lipinski definition) is 3. The number of carbonyl (C=O) groups is 2. The van der Waals surface area contributed by atoms with Gasteiger partial charge in [-0.05, 0) is 30.5 Å². The van der Waals surface area contributed by atoms with Gasteiger partial charge in [0.2, 0.25) is 5.91 Å². The van der Waals surface area contributed by atoms with Crippen molar-refractivity contribution in [2.45, 2.75) is 32.9 Å². The molecule has 1 fully saturated rings. The first kappa shape index (κ1) is 21.3. The van der Waals surface area contributed by atoms with E-state index in [0.717, 1.165) is 11.3 Å². The second kappa shape index (κ2) is 8.82. The zero-order valence-electron chi connectivity index (χ0n) is 15.3. The predicted molar refractivity (Wildman–Crippen MR) is 99.0 cm³/mol. The summed E-state index contributed by atoms with van der Waals surface area (Å²) in [5.41, 5.74) is 1.24. The molecule has 0 unspecified atom stereocenters. The number of alkyl halides is 3. The smallest absolute Gasteiger partial charge is 0.367 e. The Morgan fingerprint density at radius 1 is 1.19 bits per heavy atom.